The van der Waals surface area contributed by atoms with Crippen molar-refractivity contribution in [3.63, 3.8) is 0 Å². The number of hydrogen-bond donors (Lipinski definition) is 2. The molecule has 0 aromatic rings. The lowest BCUT2D eigenvalue weighted by atomic mass is 10.0. The molecule has 0 bridgehead atoms. The predicted octanol–water partition coefficient (Wildman–Crippen LogP) is 1.06. The van der Waals surface area contributed by atoms with Gasteiger partial charge in [0.25, 0.3) is 0 Å². The Morgan fingerprint density at radius 3 is 2.44 bits per heavy atom. The Morgan fingerprint density at radius 1 is 1.39 bits per heavy atom. The normalized spacial score (nSPS) is 18.4. The minimum atomic E-state index is -0.815. The number of carboxylic acids is 1. The Morgan fingerprint density at radius 2 is 2.00 bits per heavy atom. The van der Waals surface area contributed by atoms with Gasteiger partial charge < -0.3 is 20.1 Å². The number of carboxylic acid groups (broad SMARTS) is 1. The molecule has 1 rings (SSSR count). The summed E-state index contributed by atoms with van der Waals surface area (Å²) in [5, 5.41) is 12.1. The van der Waals surface area contributed by atoms with Gasteiger partial charge in [-0.05, 0) is 26.2 Å². The maximum Gasteiger partial charge on any atom is 0.409 e. The highest BCUT2D eigenvalue weighted by Crippen LogP contribution is 2.12. The third kappa shape index (κ3) is 4.18. The molecular weight excluding hydrogens is 236 g/mol. The van der Waals surface area contributed by atoms with Crippen LogP contribution in [0.1, 0.15) is 33.1 Å². The van der Waals surface area contributed by atoms with Crippen molar-refractivity contribution in [1.82, 2.24) is 10.2 Å². The van der Waals surface area contributed by atoms with Gasteiger partial charge in [0.1, 0.15) is 6.04 Å². The summed E-state index contributed by atoms with van der Waals surface area (Å²) in [7, 11) is 0. The lowest BCUT2D eigenvalue weighted by Crippen LogP contribution is -2.49. The molecule has 1 saturated heterocycles. The van der Waals surface area contributed by atoms with E-state index in [0.717, 1.165) is 12.8 Å². The molecule has 1 amide bonds. The van der Waals surface area contributed by atoms with Crippen LogP contribution in [0, 0.1) is 0 Å². The molecule has 0 saturated carbocycles. The number of piperidine rings is 1. The first-order chi connectivity index (χ1) is 8.58. The van der Waals surface area contributed by atoms with E-state index in [4.69, 9.17) is 9.84 Å². The van der Waals surface area contributed by atoms with Gasteiger partial charge in [0.15, 0.2) is 0 Å². The third-order valence-electron chi connectivity index (χ3n) is 3.16. The molecule has 1 fully saturated rings. The molecule has 0 aliphatic carbocycles. The van der Waals surface area contributed by atoms with Crippen LogP contribution in [-0.4, -0.2) is 53.8 Å². The maximum absolute atomic E-state index is 11.5. The van der Waals surface area contributed by atoms with Gasteiger partial charge in [-0.25, -0.2) is 4.79 Å². The van der Waals surface area contributed by atoms with E-state index in [-0.39, 0.29) is 12.1 Å². The second-order valence-electron chi connectivity index (χ2n) is 4.43. The van der Waals surface area contributed by atoms with Crippen molar-refractivity contribution in [1.29, 1.82) is 0 Å². The van der Waals surface area contributed by atoms with Gasteiger partial charge in [-0.1, -0.05) is 6.92 Å². The molecule has 6 nitrogen and oxygen atoms in total. The van der Waals surface area contributed by atoms with E-state index in [0.29, 0.717) is 26.1 Å². The SMILES string of the molecule is CCOC(=O)N1CCC(NC(CC)C(=O)O)CC1. The Hall–Kier alpha value is -1.30. The topological polar surface area (TPSA) is 78.9 Å². The van der Waals surface area contributed by atoms with Gasteiger partial charge in [-0.2, -0.15) is 0 Å². The standard InChI is InChI=1S/C12H22N2O4/c1-3-10(11(15)16)13-9-5-7-14(8-6-9)12(17)18-4-2/h9-10,13H,3-8H2,1-2H3,(H,15,16). The molecule has 6 heteroatoms. The van der Waals surface area contributed by atoms with E-state index in [2.05, 4.69) is 5.32 Å². The van der Waals surface area contributed by atoms with Crippen LogP contribution in [-0.2, 0) is 9.53 Å². The molecule has 1 aliphatic heterocycles. The van der Waals surface area contributed by atoms with E-state index in [1.165, 1.54) is 0 Å². The summed E-state index contributed by atoms with van der Waals surface area (Å²) in [6, 6.07) is -0.333. The Bertz CT molecular complexity index is 288. The molecule has 1 heterocycles. The molecule has 0 aromatic heterocycles. The van der Waals surface area contributed by atoms with Crippen LogP contribution in [0.5, 0.6) is 0 Å². The second kappa shape index (κ2) is 7.20. The highest BCUT2D eigenvalue weighted by Gasteiger charge is 2.26. The number of carbonyl (C=O) groups excluding carboxylic acids is 1. The zero-order chi connectivity index (χ0) is 13.5. The fraction of sp³-hybridized carbons (Fsp3) is 0.833. The van der Waals surface area contributed by atoms with Crippen molar-refractivity contribution in [2.24, 2.45) is 0 Å². The number of carbonyl (C=O) groups is 2. The molecule has 2 N–H and O–H groups in total. The fourth-order valence-corrected chi connectivity index (χ4v) is 2.09. The van der Waals surface area contributed by atoms with Gasteiger partial charge in [0.2, 0.25) is 0 Å². The van der Waals surface area contributed by atoms with Crippen molar-refractivity contribution in [3.05, 3.63) is 0 Å². The van der Waals surface area contributed by atoms with Crippen molar-refractivity contribution in [2.75, 3.05) is 19.7 Å². The summed E-state index contributed by atoms with van der Waals surface area (Å²) in [5.41, 5.74) is 0. The van der Waals surface area contributed by atoms with E-state index in [1.54, 1.807) is 11.8 Å². The van der Waals surface area contributed by atoms with Crippen LogP contribution in [0.15, 0.2) is 0 Å². The highest BCUT2D eigenvalue weighted by molar-refractivity contribution is 5.73. The van der Waals surface area contributed by atoms with Gasteiger partial charge in [0, 0.05) is 19.1 Å². The molecule has 1 unspecified atom stereocenters. The quantitative estimate of drug-likeness (QED) is 0.771. The molecule has 1 atom stereocenters. The first kappa shape index (κ1) is 14.8. The molecule has 104 valence electrons. The number of amides is 1. The molecule has 1 aliphatic rings. The van der Waals surface area contributed by atoms with E-state index in [1.807, 2.05) is 6.92 Å². The number of likely N-dealkylation sites (tertiary alicyclic amines) is 1. The monoisotopic (exact) mass is 258 g/mol. The Kier molecular flexibility index (Phi) is 5.91. The van der Waals surface area contributed by atoms with Crippen LogP contribution in [0.2, 0.25) is 0 Å². The lowest BCUT2D eigenvalue weighted by Gasteiger charge is -2.33. The number of hydrogen-bond acceptors (Lipinski definition) is 4. The molecule has 18 heavy (non-hydrogen) atoms. The van der Waals surface area contributed by atoms with E-state index >= 15 is 0 Å². The number of nitrogens with zero attached hydrogens (tertiary/aromatic N) is 1. The molecule has 0 spiro atoms. The number of nitrogens with one attached hydrogen (secondary N) is 1. The zero-order valence-electron chi connectivity index (χ0n) is 11.0. The van der Waals surface area contributed by atoms with E-state index in [9.17, 15) is 9.59 Å². The van der Waals surface area contributed by atoms with Crippen LogP contribution < -0.4 is 5.32 Å². The van der Waals surface area contributed by atoms with E-state index < -0.39 is 12.0 Å². The Balaban J connectivity index is 2.35. The zero-order valence-corrected chi connectivity index (χ0v) is 11.0. The van der Waals surface area contributed by atoms with Crippen molar-refractivity contribution < 1.29 is 19.4 Å². The van der Waals surface area contributed by atoms with Gasteiger partial charge in [-0.15, -0.1) is 0 Å². The number of rotatable bonds is 5. The molecule has 0 radical (unpaired) electrons. The van der Waals surface area contributed by atoms with Crippen molar-refractivity contribution in [2.45, 2.75) is 45.2 Å². The van der Waals surface area contributed by atoms with Crippen LogP contribution in [0.3, 0.4) is 0 Å². The summed E-state index contributed by atoms with van der Waals surface area (Å²) >= 11 is 0. The summed E-state index contributed by atoms with van der Waals surface area (Å²) in [5.74, 6) is -0.815. The van der Waals surface area contributed by atoms with Gasteiger partial charge in [0.05, 0.1) is 6.61 Å². The van der Waals surface area contributed by atoms with Gasteiger partial charge >= 0.3 is 12.1 Å². The fourth-order valence-electron chi connectivity index (χ4n) is 2.09. The molecule has 0 aromatic carbocycles. The smallest absolute Gasteiger partial charge is 0.409 e. The van der Waals surface area contributed by atoms with Gasteiger partial charge in [-0.3, -0.25) is 4.79 Å². The predicted molar refractivity (Wildman–Crippen MR) is 66.5 cm³/mol. The van der Waals surface area contributed by atoms with Crippen molar-refractivity contribution >= 4 is 12.1 Å². The first-order valence-electron chi connectivity index (χ1n) is 6.49. The largest absolute Gasteiger partial charge is 0.480 e. The Labute approximate surface area is 107 Å². The first-order valence-corrected chi connectivity index (χ1v) is 6.49. The third-order valence-corrected chi connectivity index (χ3v) is 3.16. The molecular formula is C12H22N2O4. The number of ether oxygens (including phenoxy) is 1. The highest BCUT2D eigenvalue weighted by atomic mass is 16.6. The summed E-state index contributed by atoms with van der Waals surface area (Å²) in [6.45, 7) is 5.25. The average molecular weight is 258 g/mol. The number of aliphatic carboxylic acids is 1. The lowest BCUT2D eigenvalue weighted by molar-refractivity contribution is -0.139. The van der Waals surface area contributed by atoms with Crippen LogP contribution in [0.25, 0.3) is 0 Å². The van der Waals surface area contributed by atoms with Crippen molar-refractivity contribution in [3.8, 4) is 0 Å². The van der Waals surface area contributed by atoms with Crippen LogP contribution in [0.4, 0.5) is 4.79 Å². The summed E-state index contributed by atoms with van der Waals surface area (Å²) < 4.78 is 4.93. The minimum Gasteiger partial charge on any atom is -0.480 e. The summed E-state index contributed by atoms with van der Waals surface area (Å²) in [6.07, 6.45) is 1.82. The average Bonchev–Trinajstić information content (AvgIpc) is 2.36. The summed E-state index contributed by atoms with van der Waals surface area (Å²) in [4.78, 5) is 24.1. The minimum absolute atomic E-state index is 0.164. The van der Waals surface area contributed by atoms with Crippen LogP contribution >= 0.6 is 0 Å². The second-order valence-corrected chi connectivity index (χ2v) is 4.43. The maximum atomic E-state index is 11.5.